The number of cyclic esters (lactones) is 1. The van der Waals surface area contributed by atoms with Crippen LogP contribution in [-0.2, 0) is 22.6 Å². The average molecular weight is 297 g/mol. The van der Waals surface area contributed by atoms with Gasteiger partial charge in [0.2, 0.25) is 0 Å². The van der Waals surface area contributed by atoms with E-state index in [-0.39, 0.29) is 0 Å². The number of benzene rings is 2. The maximum Gasteiger partial charge on any atom is 0.414 e. The van der Waals surface area contributed by atoms with Gasteiger partial charge in [0, 0.05) is 6.42 Å². The van der Waals surface area contributed by atoms with Crippen LogP contribution >= 0.6 is 0 Å². The summed E-state index contributed by atoms with van der Waals surface area (Å²) in [6.07, 6.45) is -1.07. The summed E-state index contributed by atoms with van der Waals surface area (Å²) >= 11 is 0. The fourth-order valence-corrected chi connectivity index (χ4v) is 2.20. The van der Waals surface area contributed by atoms with Crippen LogP contribution in [0.5, 0.6) is 5.75 Å². The van der Waals surface area contributed by atoms with Gasteiger partial charge in [-0.3, -0.25) is 10.1 Å². The van der Waals surface area contributed by atoms with Crippen molar-refractivity contribution in [2.75, 3.05) is 0 Å². The van der Waals surface area contributed by atoms with Crippen LogP contribution in [0.25, 0.3) is 0 Å². The second-order valence-electron chi connectivity index (χ2n) is 5.01. The normalized spacial score (nSPS) is 17.0. The molecular weight excluding hydrogens is 282 g/mol. The summed E-state index contributed by atoms with van der Waals surface area (Å²) < 4.78 is 10.6. The van der Waals surface area contributed by atoms with E-state index in [4.69, 9.17) is 9.47 Å². The number of carbonyl (C=O) groups is 2. The summed E-state index contributed by atoms with van der Waals surface area (Å²) in [7, 11) is 0. The van der Waals surface area contributed by atoms with Crippen LogP contribution in [0.4, 0.5) is 4.79 Å². The van der Waals surface area contributed by atoms with Gasteiger partial charge in [0.05, 0.1) is 0 Å². The number of carbonyl (C=O) groups excluding carboxylic acids is 2. The third-order valence-corrected chi connectivity index (χ3v) is 3.36. The average Bonchev–Trinajstić information content (AvgIpc) is 2.85. The Labute approximate surface area is 127 Å². The van der Waals surface area contributed by atoms with Crippen molar-refractivity contribution in [3.05, 3.63) is 65.7 Å². The largest absolute Gasteiger partial charge is 0.489 e. The first-order valence-electron chi connectivity index (χ1n) is 6.98. The number of ether oxygens (including phenoxy) is 2. The van der Waals surface area contributed by atoms with Gasteiger partial charge in [-0.15, -0.1) is 0 Å². The number of amides is 2. The number of hydrogen-bond acceptors (Lipinski definition) is 4. The van der Waals surface area contributed by atoms with Crippen LogP contribution in [-0.4, -0.2) is 18.1 Å². The van der Waals surface area contributed by atoms with Crippen molar-refractivity contribution < 1.29 is 19.1 Å². The van der Waals surface area contributed by atoms with Crippen molar-refractivity contribution in [3.8, 4) is 5.75 Å². The van der Waals surface area contributed by atoms with Gasteiger partial charge >= 0.3 is 6.09 Å². The molecule has 0 saturated carbocycles. The Morgan fingerprint density at radius 1 is 0.955 bits per heavy atom. The van der Waals surface area contributed by atoms with E-state index in [1.807, 2.05) is 54.6 Å². The first-order valence-corrected chi connectivity index (χ1v) is 6.98. The summed E-state index contributed by atoms with van der Waals surface area (Å²) in [4.78, 5) is 22.4. The molecule has 1 aliphatic rings. The molecule has 22 heavy (non-hydrogen) atoms. The number of imide groups is 1. The molecule has 112 valence electrons. The molecule has 1 unspecified atom stereocenters. The van der Waals surface area contributed by atoms with E-state index >= 15 is 0 Å². The highest BCUT2D eigenvalue weighted by molar-refractivity contribution is 6.00. The molecular formula is C17H15NO4. The Hall–Kier alpha value is -2.82. The van der Waals surface area contributed by atoms with Crippen molar-refractivity contribution in [3.63, 3.8) is 0 Å². The smallest absolute Gasteiger partial charge is 0.414 e. The van der Waals surface area contributed by atoms with Gasteiger partial charge in [-0.2, -0.15) is 0 Å². The Balaban J connectivity index is 1.56. The summed E-state index contributed by atoms with van der Waals surface area (Å²) in [6.45, 7) is 0.503. The molecule has 5 heteroatoms. The molecule has 2 aromatic carbocycles. The highest BCUT2D eigenvalue weighted by Gasteiger charge is 2.31. The third kappa shape index (κ3) is 3.44. The van der Waals surface area contributed by atoms with E-state index in [1.54, 1.807) is 0 Å². The number of rotatable bonds is 5. The number of nitrogens with one attached hydrogen (secondary N) is 1. The molecule has 0 aromatic heterocycles. The number of hydrogen-bond donors (Lipinski definition) is 1. The molecule has 1 aliphatic heterocycles. The van der Waals surface area contributed by atoms with E-state index in [1.165, 1.54) is 0 Å². The van der Waals surface area contributed by atoms with Gasteiger partial charge in [-0.1, -0.05) is 42.5 Å². The molecule has 0 bridgehead atoms. The Kier molecular flexibility index (Phi) is 4.05. The van der Waals surface area contributed by atoms with Crippen molar-refractivity contribution in [1.29, 1.82) is 0 Å². The highest BCUT2D eigenvalue weighted by Crippen LogP contribution is 2.17. The van der Waals surface area contributed by atoms with Crippen LogP contribution in [0.1, 0.15) is 11.1 Å². The molecule has 1 saturated heterocycles. The van der Waals surface area contributed by atoms with Crippen LogP contribution < -0.4 is 10.1 Å². The van der Waals surface area contributed by atoms with E-state index in [2.05, 4.69) is 5.32 Å². The summed E-state index contributed by atoms with van der Waals surface area (Å²) in [5, 5.41) is 2.11. The minimum Gasteiger partial charge on any atom is -0.489 e. The van der Waals surface area contributed by atoms with Gasteiger partial charge in [-0.25, -0.2) is 4.79 Å². The predicted molar refractivity (Wildman–Crippen MR) is 79.3 cm³/mol. The summed E-state index contributed by atoms with van der Waals surface area (Å²) in [6, 6.07) is 17.3. The Morgan fingerprint density at radius 3 is 2.32 bits per heavy atom. The van der Waals surface area contributed by atoms with Crippen molar-refractivity contribution in [1.82, 2.24) is 5.32 Å². The fourth-order valence-electron chi connectivity index (χ4n) is 2.20. The molecule has 0 spiro atoms. The molecule has 5 nitrogen and oxygen atoms in total. The topological polar surface area (TPSA) is 64.6 Å². The zero-order valence-corrected chi connectivity index (χ0v) is 11.8. The fraction of sp³-hybridized carbons (Fsp3) is 0.176. The molecule has 1 fully saturated rings. The first-order chi connectivity index (χ1) is 10.7. The molecule has 2 aromatic rings. The molecule has 0 aliphatic carbocycles. The van der Waals surface area contributed by atoms with Crippen molar-refractivity contribution in [2.24, 2.45) is 0 Å². The molecule has 3 rings (SSSR count). The second kappa shape index (κ2) is 6.30. The number of alkyl carbamates (subject to hydrolysis) is 1. The quantitative estimate of drug-likeness (QED) is 0.920. The van der Waals surface area contributed by atoms with Gasteiger partial charge < -0.3 is 9.47 Å². The zero-order valence-electron chi connectivity index (χ0n) is 11.8. The predicted octanol–water partition coefficient (Wildman–Crippen LogP) is 2.44. The van der Waals surface area contributed by atoms with E-state index in [9.17, 15) is 9.59 Å². The highest BCUT2D eigenvalue weighted by atomic mass is 16.6. The standard InChI is InChI=1S/C17H15NO4/c19-16-15(22-17(20)18-16)10-12-6-8-14(9-7-12)21-11-13-4-2-1-3-5-13/h1-9,15H,10-11H2,(H,18,19,20). The van der Waals surface area contributed by atoms with Gasteiger partial charge in [0.1, 0.15) is 12.4 Å². The van der Waals surface area contributed by atoms with Gasteiger partial charge in [-0.05, 0) is 23.3 Å². The second-order valence-corrected chi connectivity index (χ2v) is 5.01. The molecule has 1 atom stereocenters. The van der Waals surface area contributed by atoms with Crippen LogP contribution in [0.2, 0.25) is 0 Å². The minimum absolute atomic E-state index is 0.358. The van der Waals surface area contributed by atoms with E-state index in [0.717, 1.165) is 16.9 Å². The monoisotopic (exact) mass is 297 g/mol. The van der Waals surface area contributed by atoms with Crippen LogP contribution in [0.3, 0.4) is 0 Å². The SMILES string of the molecule is O=C1NC(=O)C(Cc2ccc(OCc3ccccc3)cc2)O1. The summed E-state index contributed by atoms with van der Waals surface area (Å²) in [5.41, 5.74) is 2.00. The lowest BCUT2D eigenvalue weighted by Crippen LogP contribution is -2.25. The Bertz CT molecular complexity index is 667. The third-order valence-electron chi connectivity index (χ3n) is 3.36. The van der Waals surface area contributed by atoms with Gasteiger partial charge in [0.25, 0.3) is 5.91 Å². The molecule has 0 radical (unpaired) electrons. The lowest BCUT2D eigenvalue weighted by molar-refractivity contribution is -0.123. The zero-order chi connectivity index (χ0) is 15.4. The lowest BCUT2D eigenvalue weighted by atomic mass is 10.1. The Morgan fingerprint density at radius 2 is 1.68 bits per heavy atom. The van der Waals surface area contributed by atoms with E-state index in [0.29, 0.717) is 13.0 Å². The lowest BCUT2D eigenvalue weighted by Gasteiger charge is -2.09. The summed E-state index contributed by atoms with van der Waals surface area (Å²) in [5.74, 6) is 0.356. The first kappa shape index (κ1) is 14.1. The van der Waals surface area contributed by atoms with Crippen molar-refractivity contribution in [2.45, 2.75) is 19.1 Å². The minimum atomic E-state index is -0.747. The van der Waals surface area contributed by atoms with E-state index < -0.39 is 18.1 Å². The van der Waals surface area contributed by atoms with Crippen LogP contribution in [0.15, 0.2) is 54.6 Å². The molecule has 1 N–H and O–H groups in total. The molecule has 2 amide bonds. The van der Waals surface area contributed by atoms with Gasteiger partial charge in [0.15, 0.2) is 6.10 Å². The maximum absolute atomic E-state index is 11.4. The maximum atomic E-state index is 11.4. The van der Waals surface area contributed by atoms with Crippen molar-refractivity contribution >= 4 is 12.0 Å². The molecule has 1 heterocycles. The van der Waals surface area contributed by atoms with Crippen LogP contribution in [0, 0.1) is 0 Å².